The molecular weight excluding hydrogens is 214 g/mol. The van der Waals surface area contributed by atoms with E-state index in [0.29, 0.717) is 6.54 Å². The second kappa shape index (κ2) is 6.53. The second-order valence-electron chi connectivity index (χ2n) is 3.27. The lowest BCUT2D eigenvalue weighted by atomic mass is 10.2. The lowest BCUT2D eigenvalue weighted by Crippen LogP contribution is -2.22. The minimum absolute atomic E-state index is 0. The second-order valence-corrected chi connectivity index (χ2v) is 3.27. The van der Waals surface area contributed by atoms with Gasteiger partial charge in [0.15, 0.2) is 0 Å². The quantitative estimate of drug-likeness (QED) is 0.782. The number of rotatable bonds is 4. The van der Waals surface area contributed by atoms with Gasteiger partial charge in [0, 0.05) is 12.1 Å². The Hall–Kier alpha value is -0.930. The summed E-state index contributed by atoms with van der Waals surface area (Å²) in [5, 5.41) is 18.8. The average molecular weight is 232 g/mol. The maximum absolute atomic E-state index is 9.54. The molecule has 0 aliphatic heterocycles. The summed E-state index contributed by atoms with van der Waals surface area (Å²) in [4.78, 5) is 2.18. The minimum Gasteiger partial charge on any atom is -0.508 e. The van der Waals surface area contributed by atoms with E-state index in [-0.39, 0.29) is 23.9 Å². The van der Waals surface area contributed by atoms with E-state index in [2.05, 4.69) is 18.7 Å². The molecule has 86 valence electrons. The van der Waals surface area contributed by atoms with Gasteiger partial charge >= 0.3 is 0 Å². The van der Waals surface area contributed by atoms with E-state index >= 15 is 0 Å². The summed E-state index contributed by atoms with van der Waals surface area (Å²) in [6.45, 7) is 6.69. The van der Waals surface area contributed by atoms with Crippen molar-refractivity contribution in [2.24, 2.45) is 0 Å². The van der Waals surface area contributed by atoms with E-state index in [1.165, 1.54) is 12.1 Å². The molecule has 0 amide bonds. The zero-order chi connectivity index (χ0) is 10.6. The molecule has 0 bridgehead atoms. The molecule has 0 saturated heterocycles. The fourth-order valence-corrected chi connectivity index (χ4v) is 1.39. The highest BCUT2D eigenvalue weighted by Crippen LogP contribution is 2.23. The fraction of sp³-hybridized carbons (Fsp3) is 0.455. The lowest BCUT2D eigenvalue weighted by molar-refractivity contribution is 0.290. The highest BCUT2D eigenvalue weighted by Gasteiger charge is 2.06. The van der Waals surface area contributed by atoms with Crippen LogP contribution in [0.25, 0.3) is 0 Å². The Labute approximate surface area is 96.8 Å². The van der Waals surface area contributed by atoms with E-state index in [9.17, 15) is 10.2 Å². The summed E-state index contributed by atoms with van der Waals surface area (Å²) in [7, 11) is 0. The van der Waals surface area contributed by atoms with Crippen LogP contribution in [0.1, 0.15) is 19.4 Å². The van der Waals surface area contributed by atoms with Gasteiger partial charge in [0.25, 0.3) is 0 Å². The molecule has 0 radical (unpaired) electrons. The van der Waals surface area contributed by atoms with E-state index in [4.69, 9.17) is 0 Å². The normalized spacial score (nSPS) is 10.1. The Bertz CT molecular complexity index is 301. The van der Waals surface area contributed by atoms with Crippen LogP contribution in [0.5, 0.6) is 11.5 Å². The van der Waals surface area contributed by atoms with Gasteiger partial charge in [-0.2, -0.15) is 0 Å². The summed E-state index contributed by atoms with van der Waals surface area (Å²) in [5.74, 6) is 0.444. The van der Waals surface area contributed by atoms with Gasteiger partial charge in [0.2, 0.25) is 0 Å². The van der Waals surface area contributed by atoms with Crippen molar-refractivity contribution < 1.29 is 10.2 Å². The van der Waals surface area contributed by atoms with Crippen LogP contribution in [0.15, 0.2) is 18.2 Å². The summed E-state index contributed by atoms with van der Waals surface area (Å²) in [6.07, 6.45) is 0. The average Bonchev–Trinajstić information content (AvgIpc) is 2.19. The summed E-state index contributed by atoms with van der Waals surface area (Å²) in [6, 6.07) is 4.61. The number of phenolic OH excluding ortho intramolecular Hbond substituents is 2. The van der Waals surface area contributed by atoms with Crippen LogP contribution < -0.4 is 0 Å². The fourth-order valence-electron chi connectivity index (χ4n) is 1.39. The zero-order valence-electron chi connectivity index (χ0n) is 9.10. The smallest absolute Gasteiger partial charge is 0.120 e. The molecule has 0 atom stereocenters. The van der Waals surface area contributed by atoms with Crippen LogP contribution >= 0.6 is 12.4 Å². The third-order valence-corrected chi connectivity index (χ3v) is 2.35. The van der Waals surface area contributed by atoms with Crippen LogP contribution in [-0.4, -0.2) is 28.2 Å². The largest absolute Gasteiger partial charge is 0.508 e. The molecule has 0 aliphatic carbocycles. The molecule has 2 N–H and O–H groups in total. The van der Waals surface area contributed by atoms with Crippen molar-refractivity contribution >= 4 is 12.4 Å². The number of phenols is 2. The standard InChI is InChI=1S/C11H17NO2.ClH/c1-3-12(4-2)8-9-7-10(13)5-6-11(9)14;/h5-7,13-14H,3-4,8H2,1-2H3;1H. The summed E-state index contributed by atoms with van der Waals surface area (Å²) in [5.41, 5.74) is 0.772. The van der Waals surface area contributed by atoms with E-state index in [1.807, 2.05) is 0 Å². The van der Waals surface area contributed by atoms with Crippen LogP contribution in [0.4, 0.5) is 0 Å². The molecule has 1 rings (SSSR count). The first-order valence-corrected chi connectivity index (χ1v) is 4.90. The highest BCUT2D eigenvalue weighted by molar-refractivity contribution is 5.85. The number of benzene rings is 1. The van der Waals surface area contributed by atoms with Gasteiger partial charge in [-0.15, -0.1) is 12.4 Å². The van der Waals surface area contributed by atoms with Crippen LogP contribution in [0.2, 0.25) is 0 Å². The minimum atomic E-state index is 0. The van der Waals surface area contributed by atoms with E-state index < -0.39 is 0 Å². The van der Waals surface area contributed by atoms with Crippen LogP contribution in [-0.2, 0) is 6.54 Å². The molecule has 3 nitrogen and oxygen atoms in total. The molecule has 0 fully saturated rings. The molecular formula is C11H18ClNO2. The third kappa shape index (κ3) is 3.98. The summed E-state index contributed by atoms with van der Waals surface area (Å²) < 4.78 is 0. The van der Waals surface area contributed by atoms with Crippen molar-refractivity contribution in [1.82, 2.24) is 4.90 Å². The van der Waals surface area contributed by atoms with E-state index in [0.717, 1.165) is 18.7 Å². The maximum Gasteiger partial charge on any atom is 0.120 e. The number of aromatic hydroxyl groups is 2. The van der Waals surface area contributed by atoms with Gasteiger partial charge in [-0.05, 0) is 31.3 Å². The molecule has 15 heavy (non-hydrogen) atoms. The predicted octanol–water partition coefficient (Wildman–Crippen LogP) is 2.36. The van der Waals surface area contributed by atoms with Crippen molar-refractivity contribution in [2.45, 2.75) is 20.4 Å². The Balaban J connectivity index is 0.00000196. The van der Waals surface area contributed by atoms with Gasteiger partial charge in [0.1, 0.15) is 11.5 Å². The molecule has 0 heterocycles. The maximum atomic E-state index is 9.54. The first kappa shape index (κ1) is 14.1. The monoisotopic (exact) mass is 231 g/mol. The van der Waals surface area contributed by atoms with Gasteiger partial charge in [-0.25, -0.2) is 0 Å². The highest BCUT2D eigenvalue weighted by atomic mass is 35.5. The zero-order valence-corrected chi connectivity index (χ0v) is 9.92. The van der Waals surface area contributed by atoms with Gasteiger partial charge < -0.3 is 10.2 Å². The van der Waals surface area contributed by atoms with Gasteiger partial charge in [-0.1, -0.05) is 13.8 Å². The molecule has 0 saturated carbocycles. The Morgan fingerprint density at radius 2 is 1.73 bits per heavy atom. The molecule has 1 aromatic carbocycles. The van der Waals surface area contributed by atoms with Gasteiger partial charge in [0.05, 0.1) is 0 Å². The van der Waals surface area contributed by atoms with Crippen molar-refractivity contribution in [1.29, 1.82) is 0 Å². The number of halogens is 1. The Kier molecular flexibility index (Phi) is 6.13. The molecule has 4 heteroatoms. The topological polar surface area (TPSA) is 43.7 Å². The molecule has 0 aliphatic rings. The molecule has 0 unspecified atom stereocenters. The van der Waals surface area contributed by atoms with Crippen LogP contribution in [0.3, 0.4) is 0 Å². The number of nitrogens with zero attached hydrogens (tertiary/aromatic N) is 1. The first-order valence-electron chi connectivity index (χ1n) is 4.90. The molecule has 0 aromatic heterocycles. The lowest BCUT2D eigenvalue weighted by Gasteiger charge is -2.18. The molecule has 1 aromatic rings. The van der Waals surface area contributed by atoms with Crippen molar-refractivity contribution in [3.05, 3.63) is 23.8 Å². The first-order chi connectivity index (χ1) is 6.67. The van der Waals surface area contributed by atoms with Crippen molar-refractivity contribution in [3.8, 4) is 11.5 Å². The Morgan fingerprint density at radius 3 is 2.27 bits per heavy atom. The van der Waals surface area contributed by atoms with Crippen molar-refractivity contribution in [3.63, 3.8) is 0 Å². The van der Waals surface area contributed by atoms with Crippen LogP contribution in [0, 0.1) is 0 Å². The van der Waals surface area contributed by atoms with Crippen molar-refractivity contribution in [2.75, 3.05) is 13.1 Å². The SMILES string of the molecule is CCN(CC)Cc1cc(O)ccc1O.Cl. The van der Waals surface area contributed by atoms with E-state index in [1.54, 1.807) is 6.07 Å². The number of hydrogen-bond acceptors (Lipinski definition) is 3. The number of hydrogen-bond donors (Lipinski definition) is 2. The third-order valence-electron chi connectivity index (χ3n) is 2.35. The van der Waals surface area contributed by atoms with Gasteiger partial charge in [-0.3, -0.25) is 4.90 Å². The molecule has 0 spiro atoms. The predicted molar refractivity (Wildman–Crippen MR) is 63.6 cm³/mol. The Morgan fingerprint density at radius 1 is 1.13 bits per heavy atom. The summed E-state index contributed by atoms with van der Waals surface area (Å²) >= 11 is 0.